The number of hydrogen-bond donors (Lipinski definition) is 1. The van der Waals surface area contributed by atoms with Crippen molar-refractivity contribution in [2.75, 3.05) is 18.0 Å². The molecule has 2 N–H and O–H groups in total. The molecule has 4 heteroatoms. The fraction of sp³-hybridized carbons (Fsp3) is 0.462. The SMILES string of the molecule is CC1CN(c2ccc(C#N)c(Cl)c2)CCC1N. The lowest BCUT2D eigenvalue weighted by molar-refractivity contribution is 0.383. The van der Waals surface area contributed by atoms with Gasteiger partial charge in [-0.2, -0.15) is 5.26 Å². The molecule has 1 aromatic carbocycles. The molecule has 0 bridgehead atoms. The molecule has 17 heavy (non-hydrogen) atoms. The predicted octanol–water partition coefficient (Wildman–Crippen LogP) is 2.39. The Bertz CT molecular complexity index is 452. The summed E-state index contributed by atoms with van der Waals surface area (Å²) in [6.45, 7) is 4.07. The lowest BCUT2D eigenvalue weighted by atomic mass is 9.94. The van der Waals surface area contributed by atoms with Gasteiger partial charge >= 0.3 is 0 Å². The second-order valence-corrected chi connectivity index (χ2v) is 5.06. The molecular formula is C13H16ClN3. The van der Waals surface area contributed by atoms with Crippen LogP contribution in [0, 0.1) is 17.2 Å². The van der Waals surface area contributed by atoms with E-state index in [1.165, 1.54) is 0 Å². The molecule has 1 fully saturated rings. The van der Waals surface area contributed by atoms with Crippen LogP contribution in [0.4, 0.5) is 5.69 Å². The highest BCUT2D eigenvalue weighted by molar-refractivity contribution is 6.32. The van der Waals surface area contributed by atoms with E-state index in [4.69, 9.17) is 22.6 Å². The third kappa shape index (κ3) is 2.54. The molecule has 1 aromatic rings. The third-order valence-corrected chi connectivity index (χ3v) is 3.72. The minimum absolute atomic E-state index is 0.292. The molecule has 2 rings (SSSR count). The van der Waals surface area contributed by atoms with Crippen molar-refractivity contribution in [3.8, 4) is 6.07 Å². The predicted molar refractivity (Wildman–Crippen MR) is 70.1 cm³/mol. The number of nitrogens with zero attached hydrogens (tertiary/aromatic N) is 2. The van der Waals surface area contributed by atoms with Crippen molar-refractivity contribution < 1.29 is 0 Å². The highest BCUT2D eigenvalue weighted by Crippen LogP contribution is 2.26. The van der Waals surface area contributed by atoms with E-state index in [1.54, 1.807) is 6.07 Å². The highest BCUT2D eigenvalue weighted by Gasteiger charge is 2.23. The van der Waals surface area contributed by atoms with E-state index in [2.05, 4.69) is 17.9 Å². The van der Waals surface area contributed by atoms with Crippen molar-refractivity contribution >= 4 is 17.3 Å². The Kier molecular flexibility index (Phi) is 3.56. The maximum Gasteiger partial charge on any atom is 0.101 e. The summed E-state index contributed by atoms with van der Waals surface area (Å²) in [7, 11) is 0. The van der Waals surface area contributed by atoms with Crippen LogP contribution in [-0.2, 0) is 0 Å². The molecule has 1 heterocycles. The fourth-order valence-corrected chi connectivity index (χ4v) is 2.41. The summed E-state index contributed by atoms with van der Waals surface area (Å²) >= 11 is 6.04. The van der Waals surface area contributed by atoms with Gasteiger partial charge in [0.2, 0.25) is 0 Å². The van der Waals surface area contributed by atoms with Crippen LogP contribution in [0.2, 0.25) is 5.02 Å². The van der Waals surface area contributed by atoms with Crippen molar-refractivity contribution in [1.82, 2.24) is 0 Å². The summed E-state index contributed by atoms with van der Waals surface area (Å²) in [4.78, 5) is 2.28. The van der Waals surface area contributed by atoms with Crippen LogP contribution in [0.1, 0.15) is 18.9 Å². The van der Waals surface area contributed by atoms with Crippen LogP contribution >= 0.6 is 11.6 Å². The Morgan fingerprint density at radius 1 is 1.53 bits per heavy atom. The molecule has 0 amide bonds. The molecule has 1 saturated heterocycles. The summed E-state index contributed by atoms with van der Waals surface area (Å²) in [6, 6.07) is 7.95. The van der Waals surface area contributed by atoms with Crippen LogP contribution in [0.25, 0.3) is 0 Å². The van der Waals surface area contributed by atoms with E-state index in [-0.39, 0.29) is 0 Å². The molecule has 3 nitrogen and oxygen atoms in total. The fourth-order valence-electron chi connectivity index (χ4n) is 2.19. The van der Waals surface area contributed by atoms with Gasteiger partial charge in [0.25, 0.3) is 0 Å². The van der Waals surface area contributed by atoms with Crippen molar-refractivity contribution in [3.05, 3.63) is 28.8 Å². The average molecular weight is 250 g/mol. The van der Waals surface area contributed by atoms with E-state index in [1.807, 2.05) is 12.1 Å². The molecule has 1 aliphatic heterocycles. The molecule has 90 valence electrons. The maximum atomic E-state index is 8.83. The Morgan fingerprint density at radius 3 is 2.88 bits per heavy atom. The van der Waals surface area contributed by atoms with Crippen LogP contribution in [0.15, 0.2) is 18.2 Å². The zero-order chi connectivity index (χ0) is 12.4. The molecule has 2 atom stereocenters. The van der Waals surface area contributed by atoms with Gasteiger partial charge in [0.1, 0.15) is 6.07 Å². The summed E-state index contributed by atoms with van der Waals surface area (Å²) in [5.41, 5.74) is 7.60. The van der Waals surface area contributed by atoms with Gasteiger partial charge < -0.3 is 10.6 Å². The van der Waals surface area contributed by atoms with E-state index < -0.39 is 0 Å². The zero-order valence-electron chi connectivity index (χ0n) is 9.86. The van der Waals surface area contributed by atoms with E-state index in [0.717, 1.165) is 25.2 Å². The number of nitrogens with two attached hydrogens (primary N) is 1. The van der Waals surface area contributed by atoms with Gasteiger partial charge in [-0.05, 0) is 30.5 Å². The first kappa shape index (κ1) is 12.2. The number of benzene rings is 1. The number of anilines is 1. The summed E-state index contributed by atoms with van der Waals surface area (Å²) in [5.74, 6) is 0.484. The third-order valence-electron chi connectivity index (χ3n) is 3.41. The molecule has 1 aliphatic rings. The number of piperidine rings is 1. The van der Waals surface area contributed by atoms with Gasteiger partial charge in [0, 0.05) is 24.8 Å². The quantitative estimate of drug-likeness (QED) is 0.832. The smallest absolute Gasteiger partial charge is 0.101 e. The minimum Gasteiger partial charge on any atom is -0.371 e. The maximum absolute atomic E-state index is 8.83. The molecule has 2 unspecified atom stereocenters. The number of hydrogen-bond acceptors (Lipinski definition) is 3. The molecule has 0 spiro atoms. The Morgan fingerprint density at radius 2 is 2.29 bits per heavy atom. The minimum atomic E-state index is 0.292. The Labute approximate surface area is 107 Å². The average Bonchev–Trinajstić information content (AvgIpc) is 2.32. The summed E-state index contributed by atoms with van der Waals surface area (Å²) < 4.78 is 0. The molecule has 0 saturated carbocycles. The van der Waals surface area contributed by atoms with Gasteiger partial charge in [-0.3, -0.25) is 0 Å². The second-order valence-electron chi connectivity index (χ2n) is 4.65. The lowest BCUT2D eigenvalue weighted by Gasteiger charge is -2.36. The number of halogens is 1. The molecular weight excluding hydrogens is 234 g/mol. The summed E-state index contributed by atoms with van der Waals surface area (Å²) in [5, 5.41) is 9.35. The molecule has 0 aromatic heterocycles. The zero-order valence-corrected chi connectivity index (χ0v) is 10.6. The monoisotopic (exact) mass is 249 g/mol. The Balaban J connectivity index is 2.18. The van der Waals surface area contributed by atoms with Gasteiger partial charge in [-0.1, -0.05) is 18.5 Å². The van der Waals surface area contributed by atoms with Crippen LogP contribution in [0.5, 0.6) is 0 Å². The molecule has 0 radical (unpaired) electrons. The first-order valence-corrected chi connectivity index (χ1v) is 6.20. The van der Waals surface area contributed by atoms with Crippen LogP contribution in [0.3, 0.4) is 0 Å². The summed E-state index contributed by atoms with van der Waals surface area (Å²) in [6.07, 6.45) is 0.999. The normalized spacial score (nSPS) is 24.5. The second kappa shape index (κ2) is 4.95. The van der Waals surface area contributed by atoms with Crippen molar-refractivity contribution in [2.45, 2.75) is 19.4 Å². The van der Waals surface area contributed by atoms with Crippen molar-refractivity contribution in [2.24, 2.45) is 11.7 Å². The van der Waals surface area contributed by atoms with Crippen LogP contribution < -0.4 is 10.6 Å². The van der Waals surface area contributed by atoms with Gasteiger partial charge in [-0.15, -0.1) is 0 Å². The largest absolute Gasteiger partial charge is 0.371 e. The standard InChI is InChI=1S/C13H16ClN3/c1-9-8-17(5-4-13(9)16)11-3-2-10(7-15)12(14)6-11/h2-3,6,9,13H,4-5,8,16H2,1H3. The van der Waals surface area contributed by atoms with Crippen molar-refractivity contribution in [1.29, 1.82) is 5.26 Å². The highest BCUT2D eigenvalue weighted by atomic mass is 35.5. The first-order valence-electron chi connectivity index (χ1n) is 5.82. The number of nitriles is 1. The van der Waals surface area contributed by atoms with E-state index in [0.29, 0.717) is 22.5 Å². The van der Waals surface area contributed by atoms with Gasteiger partial charge in [0.05, 0.1) is 10.6 Å². The van der Waals surface area contributed by atoms with Crippen LogP contribution in [-0.4, -0.2) is 19.1 Å². The molecule has 0 aliphatic carbocycles. The van der Waals surface area contributed by atoms with Gasteiger partial charge in [0.15, 0.2) is 0 Å². The van der Waals surface area contributed by atoms with E-state index >= 15 is 0 Å². The lowest BCUT2D eigenvalue weighted by Crippen LogP contribution is -2.45. The van der Waals surface area contributed by atoms with Gasteiger partial charge in [-0.25, -0.2) is 0 Å². The topological polar surface area (TPSA) is 53.0 Å². The van der Waals surface area contributed by atoms with E-state index in [9.17, 15) is 0 Å². The van der Waals surface area contributed by atoms with Crippen molar-refractivity contribution in [3.63, 3.8) is 0 Å². The number of rotatable bonds is 1. The first-order chi connectivity index (χ1) is 8.11. The Hall–Kier alpha value is -1.24.